The molecule has 1 atom stereocenters. The lowest BCUT2D eigenvalue weighted by Crippen LogP contribution is -2.32. The number of pyridine rings is 1. The van der Waals surface area contributed by atoms with Gasteiger partial charge in [0.1, 0.15) is 10.9 Å². The summed E-state index contributed by atoms with van der Waals surface area (Å²) in [5.74, 6) is -1.54. The van der Waals surface area contributed by atoms with Crippen LogP contribution in [0.25, 0.3) is 28.2 Å². The van der Waals surface area contributed by atoms with Crippen molar-refractivity contribution in [2.45, 2.75) is 5.25 Å². The van der Waals surface area contributed by atoms with Gasteiger partial charge in [0.05, 0.1) is 29.6 Å². The average molecular weight is 707 g/mol. The Morgan fingerprint density at radius 1 is 0.865 bits per heavy atom. The number of thioether (sulfide) groups is 1. The van der Waals surface area contributed by atoms with Gasteiger partial charge < -0.3 is 20.3 Å². The highest BCUT2D eigenvalue weighted by Gasteiger charge is 2.36. The highest BCUT2D eigenvalue weighted by atomic mass is 32.2. The maximum absolute atomic E-state index is 14.1. The number of fused-ring (bicyclic) bond motifs is 1. The zero-order chi connectivity index (χ0) is 36.2. The van der Waals surface area contributed by atoms with Gasteiger partial charge in [0.15, 0.2) is 16.7 Å². The number of aromatic carboxylic acids is 1. The van der Waals surface area contributed by atoms with Crippen LogP contribution in [0.5, 0.6) is 11.5 Å². The van der Waals surface area contributed by atoms with Crippen molar-refractivity contribution >= 4 is 63.1 Å². The first-order valence-electron chi connectivity index (χ1n) is 16.1. The number of carbonyl (C=O) groups excluding carboxylic acids is 2. The topological polar surface area (TPSA) is 141 Å². The number of aromatic nitrogens is 1. The number of nitrogens with zero attached hydrogens (tertiary/aromatic N) is 3. The Morgan fingerprint density at radius 2 is 1.56 bits per heavy atom. The van der Waals surface area contributed by atoms with E-state index in [4.69, 9.17) is 9.73 Å². The van der Waals surface area contributed by atoms with Gasteiger partial charge in [0.2, 0.25) is 5.91 Å². The second kappa shape index (κ2) is 14.6. The van der Waals surface area contributed by atoms with Crippen LogP contribution >= 0.6 is 11.8 Å². The fourth-order valence-corrected chi connectivity index (χ4v) is 6.88. The summed E-state index contributed by atoms with van der Waals surface area (Å²) in [6.07, 6.45) is 1.61. The van der Waals surface area contributed by atoms with Crippen molar-refractivity contribution in [2.24, 2.45) is 4.99 Å². The van der Waals surface area contributed by atoms with Crippen molar-refractivity contribution in [3.63, 3.8) is 0 Å². The summed E-state index contributed by atoms with van der Waals surface area (Å²) in [4.78, 5) is 50.9. The number of aromatic hydroxyl groups is 1. The number of aliphatic imine (C=N–C) groups is 1. The first-order valence-corrected chi connectivity index (χ1v) is 17.0. The minimum Gasteiger partial charge on any atom is -0.504 e. The molecule has 1 aliphatic rings. The Balaban J connectivity index is 1.19. The molecule has 2 amide bonds. The largest absolute Gasteiger partial charge is 0.504 e. The second-order valence-corrected chi connectivity index (χ2v) is 12.8. The molecule has 0 saturated heterocycles. The van der Waals surface area contributed by atoms with E-state index in [1.165, 1.54) is 18.1 Å². The van der Waals surface area contributed by atoms with E-state index in [1.54, 1.807) is 84.9 Å². The van der Waals surface area contributed by atoms with Gasteiger partial charge in [0, 0.05) is 16.6 Å². The van der Waals surface area contributed by atoms with Crippen LogP contribution in [-0.4, -0.2) is 45.3 Å². The van der Waals surface area contributed by atoms with E-state index in [2.05, 4.69) is 10.3 Å². The molecule has 0 fully saturated rings. The van der Waals surface area contributed by atoms with E-state index in [-0.39, 0.29) is 34.6 Å². The summed E-state index contributed by atoms with van der Waals surface area (Å²) in [5.41, 5.74) is 4.44. The van der Waals surface area contributed by atoms with Gasteiger partial charge in [-0.2, -0.15) is 0 Å². The Bertz CT molecular complexity index is 2380. The normalized spacial score (nSPS) is 13.9. The molecule has 0 saturated carbocycles. The predicted molar refractivity (Wildman–Crippen MR) is 204 cm³/mol. The van der Waals surface area contributed by atoms with Gasteiger partial charge in [-0.25, -0.2) is 14.8 Å². The number of anilines is 2. The quantitative estimate of drug-likeness (QED) is 0.128. The summed E-state index contributed by atoms with van der Waals surface area (Å²) in [7, 11) is 1.44. The van der Waals surface area contributed by atoms with Crippen LogP contribution in [0.2, 0.25) is 0 Å². The number of rotatable bonds is 9. The van der Waals surface area contributed by atoms with Crippen molar-refractivity contribution in [1.29, 1.82) is 0 Å². The monoisotopic (exact) mass is 706 g/mol. The number of hydrogen-bond donors (Lipinski definition) is 3. The fraction of sp³-hybridized carbons (Fsp3) is 0.0488. The molecule has 0 radical (unpaired) electrons. The number of amides is 2. The van der Waals surface area contributed by atoms with Crippen molar-refractivity contribution in [1.82, 2.24) is 4.98 Å². The lowest BCUT2D eigenvalue weighted by atomic mass is 10.0. The highest BCUT2D eigenvalue weighted by Crippen LogP contribution is 2.38. The smallest absolute Gasteiger partial charge is 0.336 e. The van der Waals surface area contributed by atoms with E-state index in [0.29, 0.717) is 49.8 Å². The molecule has 0 aliphatic carbocycles. The van der Waals surface area contributed by atoms with E-state index >= 15 is 0 Å². The fourth-order valence-electron chi connectivity index (χ4n) is 5.76. The number of hydrogen-bond acceptors (Lipinski definition) is 8. The molecule has 7 rings (SSSR count). The summed E-state index contributed by atoms with van der Waals surface area (Å²) in [6.45, 7) is 0. The lowest BCUT2D eigenvalue weighted by molar-refractivity contribution is -0.116. The van der Waals surface area contributed by atoms with Crippen molar-refractivity contribution < 1.29 is 29.3 Å². The number of carbonyl (C=O) groups is 3. The van der Waals surface area contributed by atoms with E-state index in [1.807, 2.05) is 48.5 Å². The number of phenols is 1. The van der Waals surface area contributed by atoms with Crippen molar-refractivity contribution in [3.05, 3.63) is 156 Å². The molecule has 6 aromatic rings. The van der Waals surface area contributed by atoms with E-state index in [0.717, 1.165) is 11.8 Å². The van der Waals surface area contributed by atoms with Gasteiger partial charge in [-0.15, -0.1) is 0 Å². The molecular weight excluding hydrogens is 677 g/mol. The molecule has 3 N–H and O–H groups in total. The molecule has 2 heterocycles. The third-order valence-corrected chi connectivity index (χ3v) is 9.52. The number of benzene rings is 5. The van der Waals surface area contributed by atoms with Crippen LogP contribution < -0.4 is 15.0 Å². The van der Waals surface area contributed by atoms with Crippen LogP contribution in [0.3, 0.4) is 0 Å². The molecule has 52 heavy (non-hydrogen) atoms. The lowest BCUT2D eigenvalue weighted by Gasteiger charge is -2.22. The number of para-hydroxylation sites is 2. The van der Waals surface area contributed by atoms with Crippen molar-refractivity contribution in [3.8, 4) is 22.8 Å². The first kappa shape index (κ1) is 33.8. The maximum atomic E-state index is 14.1. The zero-order valence-corrected chi connectivity index (χ0v) is 28.5. The highest BCUT2D eigenvalue weighted by molar-refractivity contribution is 8.15. The number of carboxylic acid groups (broad SMARTS) is 1. The second-order valence-electron chi connectivity index (χ2n) is 11.7. The van der Waals surface area contributed by atoms with Crippen LogP contribution in [0.15, 0.2) is 144 Å². The number of carboxylic acids is 1. The predicted octanol–water partition coefficient (Wildman–Crippen LogP) is 8.17. The number of ether oxygens (including phenoxy) is 1. The molecule has 0 bridgehead atoms. The number of methoxy groups -OCH3 is 1. The molecule has 1 unspecified atom stereocenters. The van der Waals surface area contributed by atoms with Crippen molar-refractivity contribution in [2.75, 3.05) is 17.3 Å². The summed E-state index contributed by atoms with van der Waals surface area (Å²) in [6, 6.07) is 38.7. The third kappa shape index (κ3) is 6.98. The summed E-state index contributed by atoms with van der Waals surface area (Å²) >= 11 is 1.14. The maximum Gasteiger partial charge on any atom is 0.336 e. The van der Waals surface area contributed by atoms with Crippen LogP contribution in [-0.2, 0) is 9.59 Å². The number of amidine groups is 1. The van der Waals surface area contributed by atoms with Gasteiger partial charge in [0.25, 0.3) is 5.91 Å². The summed E-state index contributed by atoms with van der Waals surface area (Å²) < 4.78 is 5.24. The third-order valence-electron chi connectivity index (χ3n) is 8.31. The molecule has 1 aromatic heterocycles. The Labute approximate surface area is 302 Å². The van der Waals surface area contributed by atoms with Gasteiger partial charge in [-0.1, -0.05) is 96.7 Å². The minimum absolute atomic E-state index is 0.0305. The Hall–Kier alpha value is -6.72. The molecular formula is C41H30N4O6S. The Kier molecular flexibility index (Phi) is 9.50. The van der Waals surface area contributed by atoms with Crippen LogP contribution in [0.4, 0.5) is 11.4 Å². The molecule has 10 nitrogen and oxygen atoms in total. The zero-order valence-electron chi connectivity index (χ0n) is 27.6. The van der Waals surface area contributed by atoms with E-state index in [9.17, 15) is 24.6 Å². The molecule has 1 aliphatic heterocycles. The molecule has 11 heteroatoms. The number of nitrogens with one attached hydrogen (secondary N) is 1. The van der Waals surface area contributed by atoms with Crippen LogP contribution in [0, 0.1) is 0 Å². The summed E-state index contributed by atoms with van der Waals surface area (Å²) in [5, 5.41) is 22.9. The SMILES string of the molecule is COc1cc(/C=C2/N=C(SC(C(=O)Nc3ccc(-c4cc(C(=O)O)c5ccccc5n4)cc3)c3ccccc3)N(c3ccccc3)C2=O)ccc1O. The first-order chi connectivity index (χ1) is 25.3. The average Bonchev–Trinajstić information content (AvgIpc) is 3.48. The minimum atomic E-state index is -1.05. The van der Waals surface area contributed by atoms with Gasteiger partial charge >= 0.3 is 5.97 Å². The van der Waals surface area contributed by atoms with Gasteiger partial charge in [-0.3, -0.25) is 14.5 Å². The Morgan fingerprint density at radius 3 is 2.27 bits per heavy atom. The standard InChI is InChI=1S/C41H30N4O6S/c1-51-36-23-25(16-21-35(36)46)22-34-39(48)45(29-12-6-3-7-13-29)41(44-34)52-37(27-10-4-2-5-11-27)38(47)42-28-19-17-26(18-20-28)33-24-31(40(49)50)30-14-8-9-15-32(30)43-33/h2-24,37,46H,1H3,(H,42,47)(H,49,50)/b34-22+. The van der Waals surface area contributed by atoms with E-state index < -0.39 is 11.2 Å². The molecule has 5 aromatic carbocycles. The number of phenolic OH excluding ortho intramolecular Hbond substituents is 1. The molecule has 0 spiro atoms. The van der Waals surface area contributed by atoms with Gasteiger partial charge in [-0.05, 0) is 65.7 Å². The van der Waals surface area contributed by atoms with Crippen LogP contribution in [0.1, 0.15) is 26.7 Å². The molecule has 256 valence electrons.